The first kappa shape index (κ1) is 16.1. The Kier molecular flexibility index (Phi) is 4.12. The first-order chi connectivity index (χ1) is 11.6. The highest BCUT2D eigenvalue weighted by molar-refractivity contribution is 9.10. The van der Waals surface area contributed by atoms with Crippen LogP contribution in [0.15, 0.2) is 28.7 Å². The van der Waals surface area contributed by atoms with Crippen molar-refractivity contribution in [2.75, 3.05) is 19.7 Å². The first-order valence-corrected chi connectivity index (χ1v) is 9.35. The fourth-order valence-corrected chi connectivity index (χ4v) is 4.53. The lowest BCUT2D eigenvalue weighted by molar-refractivity contribution is -0.169. The summed E-state index contributed by atoms with van der Waals surface area (Å²) in [7, 11) is 0. The van der Waals surface area contributed by atoms with E-state index in [0.29, 0.717) is 6.54 Å². The third-order valence-corrected chi connectivity index (χ3v) is 6.30. The van der Waals surface area contributed by atoms with Crippen molar-refractivity contribution in [1.29, 1.82) is 0 Å². The number of nitrogens with zero attached hydrogens (tertiary/aromatic N) is 2. The van der Waals surface area contributed by atoms with E-state index in [1.54, 1.807) is 9.80 Å². The number of piperazine rings is 1. The molecule has 128 valence electrons. The Morgan fingerprint density at radius 3 is 2.54 bits per heavy atom. The molecule has 0 bridgehead atoms. The molecule has 5 nitrogen and oxygen atoms in total. The van der Waals surface area contributed by atoms with Crippen LogP contribution in [-0.4, -0.2) is 58.5 Å². The monoisotopic (exact) mass is 392 g/mol. The van der Waals surface area contributed by atoms with E-state index in [1.165, 1.54) is 0 Å². The lowest BCUT2D eigenvalue weighted by atomic mass is 9.73. The average molecular weight is 393 g/mol. The van der Waals surface area contributed by atoms with Crippen LogP contribution in [0.1, 0.15) is 30.7 Å². The molecule has 4 rings (SSSR count). The molecule has 1 N–H and O–H groups in total. The van der Waals surface area contributed by atoms with Crippen LogP contribution in [0.3, 0.4) is 0 Å². The van der Waals surface area contributed by atoms with Crippen molar-refractivity contribution in [3.05, 3.63) is 34.3 Å². The van der Waals surface area contributed by atoms with Crippen LogP contribution >= 0.6 is 15.9 Å². The van der Waals surface area contributed by atoms with Crippen LogP contribution in [0.4, 0.5) is 0 Å². The second-order valence-electron chi connectivity index (χ2n) is 7.04. The van der Waals surface area contributed by atoms with E-state index >= 15 is 0 Å². The summed E-state index contributed by atoms with van der Waals surface area (Å²) in [6, 6.07) is 7.83. The summed E-state index contributed by atoms with van der Waals surface area (Å²) < 4.78 is 1.00. The van der Waals surface area contributed by atoms with Gasteiger partial charge in [0.1, 0.15) is 0 Å². The van der Waals surface area contributed by atoms with Crippen LogP contribution < -0.4 is 0 Å². The zero-order valence-electron chi connectivity index (χ0n) is 13.4. The van der Waals surface area contributed by atoms with Crippen LogP contribution in [0, 0.1) is 5.92 Å². The molecule has 2 amide bonds. The number of amides is 2. The number of carbonyl (C=O) groups excluding carboxylic acids is 2. The summed E-state index contributed by atoms with van der Waals surface area (Å²) in [5, 5.41) is 9.76. The van der Waals surface area contributed by atoms with E-state index in [4.69, 9.17) is 0 Å². The van der Waals surface area contributed by atoms with E-state index in [-0.39, 0.29) is 48.9 Å². The fraction of sp³-hybridized carbons (Fsp3) is 0.556. The number of hydrogen-bond acceptors (Lipinski definition) is 3. The van der Waals surface area contributed by atoms with Crippen LogP contribution in [0.5, 0.6) is 0 Å². The second-order valence-corrected chi connectivity index (χ2v) is 7.96. The number of aliphatic hydroxyl groups is 1. The van der Waals surface area contributed by atoms with Gasteiger partial charge in [-0.15, -0.1) is 0 Å². The standard InChI is InChI=1S/C18H21BrN2O3/c19-13-6-4-11(5-7-13)17-14-8-20(18(24)12-2-1-3-12)9-16(23)21(14)15(17)10-22/h4-7,12,14-15,17,22H,1-3,8-10H2/t14-,15+,17-/m0/s1. The van der Waals surface area contributed by atoms with Crippen molar-refractivity contribution in [2.45, 2.75) is 37.3 Å². The topological polar surface area (TPSA) is 60.9 Å². The predicted octanol–water partition coefficient (Wildman–Crippen LogP) is 1.75. The minimum atomic E-state index is -0.176. The number of rotatable bonds is 3. The van der Waals surface area contributed by atoms with Crippen LogP contribution in [0.25, 0.3) is 0 Å². The molecule has 1 saturated carbocycles. The number of fused-ring (bicyclic) bond motifs is 1. The maximum absolute atomic E-state index is 12.5. The molecule has 24 heavy (non-hydrogen) atoms. The number of carbonyl (C=O) groups is 2. The predicted molar refractivity (Wildman–Crippen MR) is 92.3 cm³/mol. The van der Waals surface area contributed by atoms with E-state index in [1.807, 2.05) is 24.3 Å². The molecule has 1 aromatic rings. The van der Waals surface area contributed by atoms with Gasteiger partial charge in [-0.1, -0.05) is 34.5 Å². The Morgan fingerprint density at radius 2 is 1.96 bits per heavy atom. The van der Waals surface area contributed by atoms with Gasteiger partial charge in [-0.2, -0.15) is 0 Å². The van der Waals surface area contributed by atoms with E-state index in [0.717, 1.165) is 29.3 Å². The molecule has 2 heterocycles. The summed E-state index contributed by atoms with van der Waals surface area (Å²) in [5.74, 6) is 0.302. The maximum Gasteiger partial charge on any atom is 0.242 e. The Balaban J connectivity index is 1.56. The highest BCUT2D eigenvalue weighted by atomic mass is 79.9. The minimum Gasteiger partial charge on any atom is -0.394 e. The quantitative estimate of drug-likeness (QED) is 0.851. The highest BCUT2D eigenvalue weighted by Gasteiger charge is 2.54. The van der Waals surface area contributed by atoms with Gasteiger partial charge in [0.25, 0.3) is 0 Å². The highest BCUT2D eigenvalue weighted by Crippen LogP contribution is 2.43. The van der Waals surface area contributed by atoms with Gasteiger partial charge < -0.3 is 14.9 Å². The largest absolute Gasteiger partial charge is 0.394 e. The van der Waals surface area contributed by atoms with Crippen molar-refractivity contribution >= 4 is 27.7 Å². The second kappa shape index (κ2) is 6.15. The molecule has 0 spiro atoms. The first-order valence-electron chi connectivity index (χ1n) is 8.56. The zero-order chi connectivity index (χ0) is 16.8. The Labute approximate surface area is 149 Å². The van der Waals surface area contributed by atoms with Gasteiger partial charge in [0.15, 0.2) is 0 Å². The van der Waals surface area contributed by atoms with E-state index in [9.17, 15) is 14.7 Å². The molecular weight excluding hydrogens is 372 g/mol. The van der Waals surface area contributed by atoms with Crippen molar-refractivity contribution in [3.8, 4) is 0 Å². The molecular formula is C18H21BrN2O3. The third kappa shape index (κ3) is 2.47. The normalized spacial score (nSPS) is 29.8. The minimum absolute atomic E-state index is 0.0198. The molecule has 0 aromatic heterocycles. The molecule has 1 aromatic carbocycles. The smallest absolute Gasteiger partial charge is 0.242 e. The molecule has 1 aliphatic carbocycles. The van der Waals surface area contributed by atoms with Gasteiger partial charge in [-0.05, 0) is 30.5 Å². The zero-order valence-corrected chi connectivity index (χ0v) is 15.0. The third-order valence-electron chi connectivity index (χ3n) is 5.77. The summed E-state index contributed by atoms with van der Waals surface area (Å²) in [4.78, 5) is 28.6. The average Bonchev–Trinajstić information content (AvgIpc) is 2.49. The number of hydrogen-bond donors (Lipinski definition) is 1. The number of benzene rings is 1. The summed E-state index contributed by atoms with van der Waals surface area (Å²) in [6.45, 7) is 0.702. The lowest BCUT2D eigenvalue weighted by Crippen LogP contribution is -2.73. The fourth-order valence-electron chi connectivity index (χ4n) is 4.27. The Bertz CT molecular complexity index is 659. The van der Waals surface area contributed by atoms with E-state index < -0.39 is 0 Å². The SMILES string of the molecule is O=C(C1CCC1)N1CC(=O)N2[C@H](CO)[C@@H](c3ccc(Br)cc3)[C@@H]2C1. The van der Waals surface area contributed by atoms with Gasteiger partial charge in [-0.25, -0.2) is 0 Å². The number of aliphatic hydroxyl groups excluding tert-OH is 1. The molecule has 3 aliphatic rings. The summed E-state index contributed by atoms with van der Waals surface area (Å²) in [5.41, 5.74) is 1.12. The van der Waals surface area contributed by atoms with Gasteiger partial charge in [0.2, 0.25) is 11.8 Å². The molecule has 0 unspecified atom stereocenters. The Morgan fingerprint density at radius 1 is 1.25 bits per heavy atom. The van der Waals surface area contributed by atoms with Crippen molar-refractivity contribution < 1.29 is 14.7 Å². The summed E-state index contributed by atoms with van der Waals surface area (Å²) >= 11 is 3.44. The number of halogens is 1. The molecule has 2 aliphatic heterocycles. The van der Waals surface area contributed by atoms with Crippen molar-refractivity contribution in [2.24, 2.45) is 5.92 Å². The van der Waals surface area contributed by atoms with E-state index in [2.05, 4.69) is 15.9 Å². The van der Waals surface area contributed by atoms with Crippen molar-refractivity contribution in [3.63, 3.8) is 0 Å². The van der Waals surface area contributed by atoms with Crippen LogP contribution in [-0.2, 0) is 9.59 Å². The molecule has 6 heteroatoms. The van der Waals surface area contributed by atoms with Crippen molar-refractivity contribution in [1.82, 2.24) is 9.80 Å². The molecule has 0 radical (unpaired) electrons. The molecule has 3 fully saturated rings. The van der Waals surface area contributed by atoms with Gasteiger partial charge in [0, 0.05) is 22.9 Å². The molecule has 2 saturated heterocycles. The lowest BCUT2D eigenvalue weighted by Gasteiger charge is -2.59. The van der Waals surface area contributed by atoms with Gasteiger partial charge >= 0.3 is 0 Å². The van der Waals surface area contributed by atoms with Crippen LogP contribution in [0.2, 0.25) is 0 Å². The molecule has 3 atom stereocenters. The van der Waals surface area contributed by atoms with Gasteiger partial charge in [-0.3, -0.25) is 9.59 Å². The van der Waals surface area contributed by atoms with Gasteiger partial charge in [0.05, 0.1) is 25.2 Å². The maximum atomic E-state index is 12.5. The summed E-state index contributed by atoms with van der Waals surface area (Å²) in [6.07, 6.45) is 3.02. The Hall–Kier alpha value is -1.40.